The first-order valence-electron chi connectivity index (χ1n) is 10.1. The van der Waals surface area contributed by atoms with Crippen molar-refractivity contribution in [3.63, 3.8) is 0 Å². The van der Waals surface area contributed by atoms with Gasteiger partial charge in [0.2, 0.25) is 0 Å². The van der Waals surface area contributed by atoms with Crippen molar-refractivity contribution in [2.75, 3.05) is 7.11 Å². The highest BCUT2D eigenvalue weighted by atomic mass is 79.9. The minimum absolute atomic E-state index is 0.254. The molecule has 0 saturated heterocycles. The molecule has 1 aliphatic heterocycles. The Morgan fingerprint density at radius 2 is 1.77 bits per heavy atom. The molecule has 5 rings (SSSR count). The number of rotatable bonds is 4. The van der Waals surface area contributed by atoms with Crippen LogP contribution in [-0.4, -0.2) is 24.8 Å². The normalized spacial score (nSPS) is 25.9. The van der Waals surface area contributed by atoms with Crippen LogP contribution in [0.2, 0.25) is 0 Å². The van der Waals surface area contributed by atoms with Crippen molar-refractivity contribution in [2.24, 2.45) is 10.8 Å². The van der Waals surface area contributed by atoms with Crippen molar-refractivity contribution in [1.82, 2.24) is 0 Å². The molecule has 5 nitrogen and oxygen atoms in total. The third-order valence-electron chi connectivity index (χ3n) is 6.87. The van der Waals surface area contributed by atoms with Crippen molar-refractivity contribution in [2.45, 2.75) is 19.3 Å². The third kappa shape index (κ3) is 2.34. The van der Waals surface area contributed by atoms with Crippen LogP contribution in [0.5, 0.6) is 5.75 Å². The van der Waals surface area contributed by atoms with Gasteiger partial charge in [0.15, 0.2) is 11.2 Å². The van der Waals surface area contributed by atoms with Crippen molar-refractivity contribution in [1.29, 1.82) is 0 Å². The average Bonchev–Trinajstić information content (AvgIpc) is 3.44. The third-order valence-corrected chi connectivity index (χ3v) is 7.40. The number of esters is 2. The Kier molecular flexibility index (Phi) is 4.35. The van der Waals surface area contributed by atoms with Gasteiger partial charge < -0.3 is 9.47 Å². The van der Waals surface area contributed by atoms with Gasteiger partial charge in [0.05, 0.1) is 12.5 Å². The molecule has 1 aliphatic carbocycles. The van der Waals surface area contributed by atoms with Gasteiger partial charge in [-0.3, -0.25) is 14.4 Å². The maximum Gasteiger partial charge on any atom is 0.330 e. The minimum Gasteiger partial charge on any atom is -0.468 e. The van der Waals surface area contributed by atoms with Crippen LogP contribution in [0, 0.1) is 10.8 Å². The largest absolute Gasteiger partial charge is 0.468 e. The number of carbonyl (C=O) groups excluding carboxylic acids is 3. The first-order chi connectivity index (χ1) is 14.9. The summed E-state index contributed by atoms with van der Waals surface area (Å²) in [6.45, 7) is 1.83. The fraction of sp³-hybridized carbons (Fsp3) is 0.240. The van der Waals surface area contributed by atoms with Crippen molar-refractivity contribution in [3.8, 4) is 5.75 Å². The quantitative estimate of drug-likeness (QED) is 0.227. The highest BCUT2D eigenvalue weighted by Gasteiger charge is 2.90. The van der Waals surface area contributed by atoms with E-state index in [9.17, 15) is 14.4 Å². The summed E-state index contributed by atoms with van der Waals surface area (Å²) in [5, 5.41) is 1.82. The van der Waals surface area contributed by atoms with E-state index in [2.05, 4.69) is 15.9 Å². The van der Waals surface area contributed by atoms with Crippen LogP contribution < -0.4 is 4.74 Å². The second-order valence-corrected chi connectivity index (χ2v) is 8.90. The van der Waals surface area contributed by atoms with E-state index < -0.39 is 28.7 Å². The van der Waals surface area contributed by atoms with Gasteiger partial charge in [0.1, 0.15) is 5.75 Å². The maximum absolute atomic E-state index is 13.9. The summed E-state index contributed by atoms with van der Waals surface area (Å²) in [4.78, 5) is 40.4. The molecular formula is C25H19BrO5. The lowest BCUT2D eigenvalue weighted by atomic mass is 9.83. The molecule has 156 valence electrons. The summed E-state index contributed by atoms with van der Waals surface area (Å²) in [7, 11) is 1.24. The number of carbonyl (C=O) groups is 3. The number of benzene rings is 3. The lowest BCUT2D eigenvalue weighted by Crippen LogP contribution is -2.40. The zero-order valence-corrected chi connectivity index (χ0v) is 18.6. The predicted molar refractivity (Wildman–Crippen MR) is 118 cm³/mol. The van der Waals surface area contributed by atoms with E-state index in [1.54, 1.807) is 30.3 Å². The number of methoxy groups -OCH3 is 1. The first-order valence-corrected chi connectivity index (χ1v) is 10.9. The fourth-order valence-corrected chi connectivity index (χ4v) is 5.76. The van der Waals surface area contributed by atoms with Crippen molar-refractivity contribution < 1.29 is 23.9 Å². The van der Waals surface area contributed by atoms with Crippen LogP contribution in [0.15, 0.2) is 65.1 Å². The molecule has 0 bridgehead atoms. The highest BCUT2D eigenvalue weighted by molar-refractivity contribution is 9.10. The Balaban J connectivity index is 1.81. The van der Waals surface area contributed by atoms with Crippen LogP contribution >= 0.6 is 15.9 Å². The summed E-state index contributed by atoms with van der Waals surface area (Å²) in [5.41, 5.74) is -1.81. The van der Waals surface area contributed by atoms with Crippen LogP contribution in [0.1, 0.15) is 35.2 Å². The van der Waals surface area contributed by atoms with E-state index in [0.717, 1.165) is 20.8 Å². The van der Waals surface area contributed by atoms with Crippen molar-refractivity contribution in [3.05, 3.63) is 76.3 Å². The van der Waals surface area contributed by atoms with E-state index in [1.165, 1.54) is 7.11 Å². The summed E-state index contributed by atoms with van der Waals surface area (Å²) in [6.07, 6.45) is 0.291. The molecule has 1 heterocycles. The van der Waals surface area contributed by atoms with Gasteiger partial charge in [-0.05, 0) is 35.4 Å². The fourth-order valence-electron chi connectivity index (χ4n) is 5.50. The SMILES string of the molecule is CC[C@@]1(C(=O)c2ccc(Br)cc2)[C@H]2c3c(ccc4ccccc34)OC(=O)[C@@]21C(=O)OC. The first kappa shape index (κ1) is 19.9. The Morgan fingerprint density at radius 1 is 1.06 bits per heavy atom. The Morgan fingerprint density at radius 3 is 2.45 bits per heavy atom. The molecule has 31 heavy (non-hydrogen) atoms. The van der Waals surface area contributed by atoms with Gasteiger partial charge in [-0.2, -0.15) is 0 Å². The molecule has 2 aliphatic rings. The number of ether oxygens (including phenoxy) is 2. The molecule has 0 spiro atoms. The molecule has 0 radical (unpaired) electrons. The van der Waals surface area contributed by atoms with Crippen molar-refractivity contribution >= 4 is 44.4 Å². The second kappa shape index (κ2) is 6.76. The summed E-state index contributed by atoms with van der Waals surface area (Å²) < 4.78 is 11.6. The van der Waals surface area contributed by atoms with E-state index >= 15 is 0 Å². The average molecular weight is 479 g/mol. The molecule has 3 aromatic carbocycles. The van der Waals surface area contributed by atoms with Crippen LogP contribution in [-0.2, 0) is 14.3 Å². The van der Waals surface area contributed by atoms with Crippen LogP contribution in [0.25, 0.3) is 10.8 Å². The molecule has 1 saturated carbocycles. The van der Waals surface area contributed by atoms with Gasteiger partial charge in [0.25, 0.3) is 0 Å². The number of hydrogen-bond donors (Lipinski definition) is 0. The molecule has 0 unspecified atom stereocenters. The van der Waals surface area contributed by atoms with E-state index in [0.29, 0.717) is 17.7 Å². The summed E-state index contributed by atoms with van der Waals surface area (Å²) >= 11 is 3.38. The predicted octanol–water partition coefficient (Wildman–Crippen LogP) is 5.06. The van der Waals surface area contributed by atoms with E-state index in [1.807, 2.05) is 37.3 Å². The number of hydrogen-bond acceptors (Lipinski definition) is 5. The number of fused-ring (bicyclic) bond motifs is 5. The van der Waals surface area contributed by atoms with E-state index in [-0.39, 0.29) is 5.78 Å². The van der Waals surface area contributed by atoms with E-state index in [4.69, 9.17) is 9.47 Å². The lowest BCUT2D eigenvalue weighted by molar-refractivity contribution is -0.160. The summed E-state index contributed by atoms with van der Waals surface area (Å²) in [6, 6.07) is 18.3. The van der Waals surface area contributed by atoms with Gasteiger partial charge in [-0.15, -0.1) is 0 Å². The Bertz CT molecular complexity index is 1260. The molecular weight excluding hydrogens is 460 g/mol. The Labute approximate surface area is 187 Å². The summed E-state index contributed by atoms with van der Waals surface area (Å²) in [5.74, 6) is -1.97. The van der Waals surface area contributed by atoms with Gasteiger partial charge in [-0.25, -0.2) is 0 Å². The molecule has 0 amide bonds. The second-order valence-electron chi connectivity index (χ2n) is 7.98. The molecule has 0 aromatic heterocycles. The smallest absolute Gasteiger partial charge is 0.330 e. The van der Waals surface area contributed by atoms with Crippen LogP contribution in [0.4, 0.5) is 0 Å². The number of halogens is 1. The standard InChI is InChI=1S/C25H19BrO5/c1-3-24(21(27)15-8-11-16(26)12-9-15)20-19-17-7-5-4-6-14(17)10-13-18(19)31-23(29)25(20,24)22(28)30-2/h4-13,20H,3H2,1-2H3/t20-,24+,25+/m1/s1. The molecule has 3 aromatic rings. The molecule has 3 atom stereocenters. The zero-order chi connectivity index (χ0) is 22.0. The minimum atomic E-state index is -1.70. The zero-order valence-electron chi connectivity index (χ0n) is 17.0. The number of Topliss-reactive ketones (excluding diaryl/α,β-unsaturated/α-hetero) is 1. The van der Waals surface area contributed by atoms with Gasteiger partial charge >= 0.3 is 11.9 Å². The molecule has 1 fully saturated rings. The van der Waals surface area contributed by atoms with Crippen LogP contribution in [0.3, 0.4) is 0 Å². The number of ketones is 1. The maximum atomic E-state index is 13.9. The monoisotopic (exact) mass is 478 g/mol. The lowest BCUT2D eigenvalue weighted by Gasteiger charge is -2.23. The Hall–Kier alpha value is -2.99. The highest BCUT2D eigenvalue weighted by Crippen LogP contribution is 2.80. The van der Waals surface area contributed by atoms with Gasteiger partial charge in [-0.1, -0.05) is 65.3 Å². The topological polar surface area (TPSA) is 69.7 Å². The van der Waals surface area contributed by atoms with Gasteiger partial charge in [0, 0.05) is 21.5 Å². The molecule has 6 heteroatoms. The molecule has 0 N–H and O–H groups in total.